The summed E-state index contributed by atoms with van der Waals surface area (Å²) in [6.07, 6.45) is 0. The third-order valence-electron chi connectivity index (χ3n) is 2.47. The molecule has 3 nitrogen and oxygen atoms in total. The van der Waals surface area contributed by atoms with E-state index in [4.69, 9.17) is 23.2 Å². The second-order valence-corrected chi connectivity index (χ2v) is 5.70. The summed E-state index contributed by atoms with van der Waals surface area (Å²) in [5, 5.41) is 7.96. The lowest BCUT2D eigenvalue weighted by Crippen LogP contribution is -2.19. The molecule has 0 radical (unpaired) electrons. The van der Waals surface area contributed by atoms with Crippen LogP contribution in [0.25, 0.3) is 5.69 Å². The molecule has 0 aliphatic rings. The SMILES string of the molecule is CC(C)(C)c1nnc(Cl)n1-c1cccc(Cl)c1F. The van der Waals surface area contributed by atoms with Gasteiger partial charge < -0.3 is 0 Å². The molecule has 0 aliphatic carbocycles. The van der Waals surface area contributed by atoms with Crippen LogP contribution in [-0.2, 0) is 5.41 Å². The summed E-state index contributed by atoms with van der Waals surface area (Å²) >= 11 is 11.8. The highest BCUT2D eigenvalue weighted by Gasteiger charge is 2.25. The van der Waals surface area contributed by atoms with Crippen LogP contribution in [-0.4, -0.2) is 14.8 Å². The lowest BCUT2D eigenvalue weighted by molar-refractivity contribution is 0.527. The van der Waals surface area contributed by atoms with E-state index in [0.29, 0.717) is 5.82 Å². The van der Waals surface area contributed by atoms with Gasteiger partial charge in [0.1, 0.15) is 5.82 Å². The lowest BCUT2D eigenvalue weighted by atomic mass is 9.95. The highest BCUT2D eigenvalue weighted by Crippen LogP contribution is 2.29. The van der Waals surface area contributed by atoms with E-state index >= 15 is 0 Å². The lowest BCUT2D eigenvalue weighted by Gasteiger charge is -2.19. The standard InChI is InChI=1S/C12H12Cl2FN3/c1-12(2,3)10-16-17-11(14)18(10)8-6-4-5-7(13)9(8)15/h4-6H,1-3H3. The van der Waals surface area contributed by atoms with Crippen molar-refractivity contribution in [2.45, 2.75) is 26.2 Å². The van der Waals surface area contributed by atoms with E-state index in [-0.39, 0.29) is 21.4 Å². The van der Waals surface area contributed by atoms with E-state index in [0.717, 1.165) is 0 Å². The summed E-state index contributed by atoms with van der Waals surface area (Å²) in [5.74, 6) is 0.0417. The van der Waals surface area contributed by atoms with Crippen LogP contribution in [0, 0.1) is 5.82 Å². The van der Waals surface area contributed by atoms with Gasteiger partial charge >= 0.3 is 0 Å². The maximum absolute atomic E-state index is 14.0. The molecule has 2 aromatic rings. The third kappa shape index (κ3) is 2.22. The first kappa shape index (κ1) is 13.3. The van der Waals surface area contributed by atoms with Crippen molar-refractivity contribution in [3.8, 4) is 5.69 Å². The molecule has 0 spiro atoms. The highest BCUT2D eigenvalue weighted by atomic mass is 35.5. The molecule has 0 fully saturated rings. The van der Waals surface area contributed by atoms with Crippen molar-refractivity contribution in [1.29, 1.82) is 0 Å². The van der Waals surface area contributed by atoms with Crippen molar-refractivity contribution < 1.29 is 4.39 Å². The van der Waals surface area contributed by atoms with E-state index in [9.17, 15) is 4.39 Å². The van der Waals surface area contributed by atoms with E-state index in [1.807, 2.05) is 20.8 Å². The van der Waals surface area contributed by atoms with Gasteiger partial charge in [0.15, 0.2) is 5.82 Å². The van der Waals surface area contributed by atoms with E-state index in [2.05, 4.69) is 10.2 Å². The van der Waals surface area contributed by atoms with Crippen LogP contribution in [0.5, 0.6) is 0 Å². The fourth-order valence-electron chi connectivity index (χ4n) is 1.63. The molecule has 0 bridgehead atoms. The average molecular weight is 288 g/mol. The molecule has 0 unspecified atom stereocenters. The topological polar surface area (TPSA) is 30.7 Å². The Labute approximate surface area is 115 Å². The van der Waals surface area contributed by atoms with E-state index < -0.39 is 5.82 Å². The Bertz CT molecular complexity index is 587. The van der Waals surface area contributed by atoms with Gasteiger partial charge in [-0.1, -0.05) is 38.4 Å². The van der Waals surface area contributed by atoms with Crippen LogP contribution in [0.2, 0.25) is 10.3 Å². The zero-order chi connectivity index (χ0) is 13.5. The zero-order valence-electron chi connectivity index (χ0n) is 10.2. The number of nitrogens with zero attached hydrogens (tertiary/aromatic N) is 3. The number of aromatic nitrogens is 3. The molecule has 0 N–H and O–H groups in total. The first-order valence-corrected chi connectivity index (χ1v) is 6.13. The number of halogens is 3. The van der Waals surface area contributed by atoms with Crippen molar-refractivity contribution >= 4 is 23.2 Å². The van der Waals surface area contributed by atoms with Crippen LogP contribution in [0.15, 0.2) is 18.2 Å². The predicted octanol–water partition coefficient (Wildman–Crippen LogP) is 4.01. The third-order valence-corrected chi connectivity index (χ3v) is 3.00. The average Bonchev–Trinajstić information content (AvgIpc) is 2.64. The Kier molecular flexibility index (Phi) is 3.34. The molecule has 0 atom stereocenters. The summed E-state index contributed by atoms with van der Waals surface area (Å²) in [7, 11) is 0. The van der Waals surface area contributed by atoms with E-state index in [1.54, 1.807) is 12.1 Å². The Balaban J connectivity index is 2.72. The quantitative estimate of drug-likeness (QED) is 0.793. The fraction of sp³-hybridized carbons (Fsp3) is 0.333. The van der Waals surface area contributed by atoms with Crippen molar-refractivity contribution in [2.24, 2.45) is 0 Å². The first-order chi connectivity index (χ1) is 8.32. The maximum atomic E-state index is 14.0. The molecule has 1 aromatic heterocycles. The number of rotatable bonds is 1. The number of hydrogen-bond donors (Lipinski definition) is 0. The van der Waals surface area contributed by atoms with Crippen molar-refractivity contribution in [3.05, 3.63) is 40.1 Å². The number of hydrogen-bond acceptors (Lipinski definition) is 2. The van der Waals surface area contributed by atoms with Gasteiger partial charge in [0.2, 0.25) is 5.28 Å². The minimum atomic E-state index is -0.536. The molecular formula is C12H12Cl2FN3. The zero-order valence-corrected chi connectivity index (χ0v) is 11.7. The molecule has 0 amide bonds. The molecule has 18 heavy (non-hydrogen) atoms. The first-order valence-electron chi connectivity index (χ1n) is 5.38. The largest absolute Gasteiger partial charge is 0.266 e. The highest BCUT2D eigenvalue weighted by molar-refractivity contribution is 6.31. The molecule has 1 heterocycles. The Morgan fingerprint density at radius 1 is 1.17 bits per heavy atom. The van der Waals surface area contributed by atoms with Crippen LogP contribution < -0.4 is 0 Å². The monoisotopic (exact) mass is 287 g/mol. The predicted molar refractivity (Wildman–Crippen MR) is 70.0 cm³/mol. The summed E-state index contributed by atoms with van der Waals surface area (Å²) < 4.78 is 15.5. The fourth-order valence-corrected chi connectivity index (χ4v) is 2.01. The molecular weight excluding hydrogens is 276 g/mol. The van der Waals surface area contributed by atoms with Crippen molar-refractivity contribution in [1.82, 2.24) is 14.8 Å². The molecule has 1 aromatic carbocycles. The van der Waals surface area contributed by atoms with Gasteiger partial charge in [-0.25, -0.2) is 4.39 Å². The van der Waals surface area contributed by atoms with Crippen molar-refractivity contribution in [2.75, 3.05) is 0 Å². The van der Waals surface area contributed by atoms with Crippen LogP contribution >= 0.6 is 23.2 Å². The summed E-state index contributed by atoms with van der Waals surface area (Å²) in [6, 6.07) is 4.73. The Morgan fingerprint density at radius 2 is 1.83 bits per heavy atom. The molecule has 0 saturated heterocycles. The van der Waals surface area contributed by atoms with Gasteiger partial charge in [-0.2, -0.15) is 0 Å². The normalized spacial score (nSPS) is 11.9. The minimum Gasteiger partial charge on any atom is -0.266 e. The second-order valence-electron chi connectivity index (χ2n) is 4.95. The molecule has 96 valence electrons. The van der Waals surface area contributed by atoms with Gasteiger partial charge in [0.25, 0.3) is 0 Å². The van der Waals surface area contributed by atoms with Gasteiger partial charge in [0.05, 0.1) is 10.7 Å². The molecule has 6 heteroatoms. The second kappa shape index (κ2) is 4.52. The number of benzene rings is 1. The van der Waals surface area contributed by atoms with Gasteiger partial charge in [-0.3, -0.25) is 4.57 Å². The van der Waals surface area contributed by atoms with Gasteiger partial charge in [0, 0.05) is 5.41 Å². The van der Waals surface area contributed by atoms with Crippen LogP contribution in [0.4, 0.5) is 4.39 Å². The Hall–Kier alpha value is -1.13. The minimum absolute atomic E-state index is 0.0390. The van der Waals surface area contributed by atoms with Crippen LogP contribution in [0.1, 0.15) is 26.6 Å². The Morgan fingerprint density at radius 3 is 2.44 bits per heavy atom. The summed E-state index contributed by atoms with van der Waals surface area (Å²) in [6.45, 7) is 5.85. The van der Waals surface area contributed by atoms with Gasteiger partial charge in [-0.05, 0) is 23.7 Å². The van der Waals surface area contributed by atoms with E-state index in [1.165, 1.54) is 10.6 Å². The summed E-state index contributed by atoms with van der Waals surface area (Å²) in [4.78, 5) is 0. The van der Waals surface area contributed by atoms with Gasteiger partial charge in [-0.15, -0.1) is 10.2 Å². The molecule has 2 rings (SSSR count). The van der Waals surface area contributed by atoms with Crippen LogP contribution in [0.3, 0.4) is 0 Å². The molecule has 0 aliphatic heterocycles. The van der Waals surface area contributed by atoms with Crippen molar-refractivity contribution in [3.63, 3.8) is 0 Å². The smallest absolute Gasteiger partial charge is 0.229 e. The maximum Gasteiger partial charge on any atom is 0.229 e. The molecule has 0 saturated carbocycles. The summed E-state index contributed by atoms with van der Waals surface area (Å²) in [5.41, 5.74) is -0.0584.